The summed E-state index contributed by atoms with van der Waals surface area (Å²) in [6.45, 7) is 13.7. The molecule has 1 N–H and O–H groups in total. The number of pyridine rings is 1. The van der Waals surface area contributed by atoms with Crippen LogP contribution in [0.2, 0.25) is 0 Å². The van der Waals surface area contributed by atoms with Crippen molar-refractivity contribution in [2.75, 3.05) is 6.54 Å². The minimum Gasteiger partial charge on any atom is -0.431 e. The van der Waals surface area contributed by atoms with E-state index in [0.717, 1.165) is 34.6 Å². The molecule has 0 aliphatic heterocycles. The summed E-state index contributed by atoms with van der Waals surface area (Å²) in [4.78, 5) is 15.7. The largest absolute Gasteiger partial charge is 0.431 e. The molecule has 0 unspecified atom stereocenters. The molecule has 0 saturated heterocycles. The highest BCUT2D eigenvalue weighted by Gasteiger charge is 2.05. The van der Waals surface area contributed by atoms with Crippen LogP contribution in [0.15, 0.2) is 57.6 Å². The highest BCUT2D eigenvalue weighted by atomic mass is 16.4. The zero-order valence-corrected chi connectivity index (χ0v) is 20.3. The Kier molecular flexibility index (Phi) is 13.0. The second-order valence-electron chi connectivity index (χ2n) is 7.92. The molecular formula is C27H40N2O2. The molecule has 2 aromatic rings. The van der Waals surface area contributed by atoms with Gasteiger partial charge in [0.05, 0.1) is 12.0 Å². The van der Waals surface area contributed by atoms with E-state index in [1.807, 2.05) is 39.0 Å². The molecule has 0 aliphatic rings. The number of hydrogen-bond acceptors (Lipinski definition) is 4. The Morgan fingerprint density at radius 1 is 1.03 bits per heavy atom. The van der Waals surface area contributed by atoms with Crippen molar-refractivity contribution < 1.29 is 4.42 Å². The van der Waals surface area contributed by atoms with Crippen molar-refractivity contribution >= 4 is 11.1 Å². The van der Waals surface area contributed by atoms with Crippen LogP contribution in [-0.2, 0) is 0 Å². The standard InChI is InChI=1S/C15H15NO2.C12H25N/c1-10-5-4-6-14(16-10)12(3)11(2)13-7-8-18-15(17)9-13;1-4-6-8-9-11-13-12(3)10-7-5-2/h4-9H,1-3H3;10,13H,4-9,11H2,1-3H3/b12-11-;12-10-. The Balaban J connectivity index is 0.000000330. The summed E-state index contributed by atoms with van der Waals surface area (Å²) in [5.74, 6) is 0. The van der Waals surface area contributed by atoms with Gasteiger partial charge in [0.1, 0.15) is 0 Å². The van der Waals surface area contributed by atoms with E-state index in [1.165, 1.54) is 56.6 Å². The van der Waals surface area contributed by atoms with Crippen molar-refractivity contribution in [2.24, 2.45) is 0 Å². The van der Waals surface area contributed by atoms with Crippen molar-refractivity contribution in [1.82, 2.24) is 10.3 Å². The lowest BCUT2D eigenvalue weighted by Crippen LogP contribution is -2.12. The Bertz CT molecular complexity index is 894. The number of rotatable bonds is 10. The fourth-order valence-corrected chi connectivity index (χ4v) is 3.05. The maximum absolute atomic E-state index is 11.2. The van der Waals surface area contributed by atoms with Crippen molar-refractivity contribution in [3.8, 4) is 0 Å². The molecule has 0 bridgehead atoms. The zero-order chi connectivity index (χ0) is 23.1. The van der Waals surface area contributed by atoms with E-state index in [2.05, 4.69) is 37.1 Å². The van der Waals surface area contributed by atoms with E-state index in [9.17, 15) is 4.79 Å². The predicted molar refractivity (Wildman–Crippen MR) is 133 cm³/mol. The van der Waals surface area contributed by atoms with Gasteiger partial charge in [-0.25, -0.2) is 4.79 Å². The predicted octanol–water partition coefficient (Wildman–Crippen LogP) is 7.15. The lowest BCUT2D eigenvalue weighted by Gasteiger charge is -2.07. The van der Waals surface area contributed by atoms with E-state index in [0.29, 0.717) is 0 Å². The number of unbranched alkanes of at least 4 members (excludes halogenated alkanes) is 4. The van der Waals surface area contributed by atoms with Crippen molar-refractivity contribution in [2.45, 2.75) is 80.1 Å². The SMILES string of the molecule is C/C(=C(\C)c1cccc(C)n1)c1ccoc(=O)c1.CCC/C=C(/C)NCCCCCC. The Labute approximate surface area is 188 Å². The molecule has 0 aromatic carbocycles. The molecule has 4 nitrogen and oxygen atoms in total. The number of aryl methyl sites for hydroxylation is 1. The van der Waals surface area contributed by atoms with Crippen LogP contribution >= 0.6 is 0 Å². The summed E-state index contributed by atoms with van der Waals surface area (Å²) in [7, 11) is 0. The summed E-state index contributed by atoms with van der Waals surface area (Å²) in [6, 6.07) is 9.19. The zero-order valence-electron chi connectivity index (χ0n) is 20.3. The maximum atomic E-state index is 11.2. The van der Waals surface area contributed by atoms with E-state index in [4.69, 9.17) is 4.42 Å². The lowest BCUT2D eigenvalue weighted by molar-refractivity contribution is 0.510. The second-order valence-corrected chi connectivity index (χ2v) is 7.92. The van der Waals surface area contributed by atoms with Gasteiger partial charge in [0, 0.05) is 24.0 Å². The summed E-state index contributed by atoms with van der Waals surface area (Å²) in [5.41, 5.74) is 5.88. The van der Waals surface area contributed by atoms with Gasteiger partial charge in [0.15, 0.2) is 0 Å². The summed E-state index contributed by atoms with van der Waals surface area (Å²) in [6.07, 6.45) is 11.5. The molecule has 0 atom stereocenters. The molecule has 2 heterocycles. The Morgan fingerprint density at radius 2 is 1.81 bits per heavy atom. The minimum absolute atomic E-state index is 0.336. The van der Waals surface area contributed by atoms with Crippen LogP contribution in [0.3, 0.4) is 0 Å². The van der Waals surface area contributed by atoms with Crippen molar-refractivity contribution in [3.63, 3.8) is 0 Å². The van der Waals surface area contributed by atoms with Crippen molar-refractivity contribution in [1.29, 1.82) is 0 Å². The number of allylic oxidation sites excluding steroid dienone is 4. The van der Waals surface area contributed by atoms with Crippen LogP contribution in [0, 0.1) is 6.92 Å². The monoisotopic (exact) mass is 424 g/mol. The lowest BCUT2D eigenvalue weighted by atomic mass is 10.0. The third-order valence-corrected chi connectivity index (χ3v) is 5.15. The molecule has 170 valence electrons. The molecular weight excluding hydrogens is 384 g/mol. The molecule has 31 heavy (non-hydrogen) atoms. The fraction of sp³-hybridized carbons (Fsp3) is 0.481. The number of aromatic nitrogens is 1. The highest BCUT2D eigenvalue weighted by Crippen LogP contribution is 2.23. The fourth-order valence-electron chi connectivity index (χ4n) is 3.05. The molecule has 0 spiro atoms. The first-order valence-electron chi connectivity index (χ1n) is 11.5. The van der Waals surface area contributed by atoms with Crippen LogP contribution in [0.1, 0.15) is 90.1 Å². The van der Waals surface area contributed by atoms with Gasteiger partial charge in [0.2, 0.25) is 0 Å². The second kappa shape index (κ2) is 15.2. The third-order valence-electron chi connectivity index (χ3n) is 5.15. The van der Waals surface area contributed by atoms with Gasteiger partial charge in [-0.1, -0.05) is 51.7 Å². The molecule has 4 heteroatoms. The molecule has 0 fully saturated rings. The molecule has 0 aliphatic carbocycles. The van der Waals surface area contributed by atoms with Crippen molar-refractivity contribution in [3.05, 3.63) is 75.7 Å². The van der Waals surface area contributed by atoms with Gasteiger partial charge in [-0.15, -0.1) is 0 Å². The van der Waals surface area contributed by atoms with Gasteiger partial charge in [-0.3, -0.25) is 4.98 Å². The third kappa shape index (κ3) is 10.8. The first-order chi connectivity index (χ1) is 14.9. The first-order valence-corrected chi connectivity index (χ1v) is 11.5. The minimum atomic E-state index is -0.336. The first kappa shape index (κ1) is 26.4. The van der Waals surface area contributed by atoms with Gasteiger partial charge in [0.25, 0.3) is 0 Å². The topological polar surface area (TPSA) is 55.1 Å². The molecule has 2 aromatic heterocycles. The average Bonchev–Trinajstić information content (AvgIpc) is 2.77. The van der Waals surface area contributed by atoms with Gasteiger partial charge in [-0.2, -0.15) is 0 Å². The van der Waals surface area contributed by atoms with Crippen LogP contribution in [0.5, 0.6) is 0 Å². The van der Waals surface area contributed by atoms with E-state index in [-0.39, 0.29) is 5.63 Å². The smallest absolute Gasteiger partial charge is 0.336 e. The summed E-state index contributed by atoms with van der Waals surface area (Å²) >= 11 is 0. The summed E-state index contributed by atoms with van der Waals surface area (Å²) < 4.78 is 4.73. The molecule has 0 saturated carbocycles. The van der Waals surface area contributed by atoms with Gasteiger partial charge < -0.3 is 9.73 Å². The number of hydrogen-bond donors (Lipinski definition) is 1. The van der Waals surface area contributed by atoms with Crippen LogP contribution in [0.25, 0.3) is 11.1 Å². The van der Waals surface area contributed by atoms with Gasteiger partial charge in [-0.05, 0) is 75.4 Å². The Hall–Kier alpha value is -2.62. The molecule has 2 rings (SSSR count). The molecule has 0 radical (unpaired) electrons. The highest BCUT2D eigenvalue weighted by molar-refractivity contribution is 5.87. The number of nitrogens with one attached hydrogen (secondary N) is 1. The summed E-state index contributed by atoms with van der Waals surface area (Å²) in [5, 5.41) is 3.44. The number of nitrogens with zero attached hydrogens (tertiary/aromatic N) is 1. The van der Waals surface area contributed by atoms with Crippen LogP contribution in [0.4, 0.5) is 0 Å². The quantitative estimate of drug-likeness (QED) is 0.411. The van der Waals surface area contributed by atoms with Gasteiger partial charge >= 0.3 is 5.63 Å². The van der Waals surface area contributed by atoms with E-state index in [1.54, 1.807) is 6.07 Å². The van der Waals surface area contributed by atoms with Crippen LogP contribution < -0.4 is 10.9 Å². The molecule has 0 amide bonds. The van der Waals surface area contributed by atoms with E-state index >= 15 is 0 Å². The average molecular weight is 425 g/mol. The van der Waals surface area contributed by atoms with E-state index < -0.39 is 0 Å². The normalized spacial score (nSPS) is 12.0. The maximum Gasteiger partial charge on any atom is 0.336 e. The Morgan fingerprint density at radius 3 is 2.45 bits per heavy atom. The van der Waals surface area contributed by atoms with Crippen LogP contribution in [-0.4, -0.2) is 11.5 Å².